The average Bonchev–Trinajstić information content (AvgIpc) is 3.06. The Morgan fingerprint density at radius 3 is 2.23 bits per heavy atom. The van der Waals surface area contributed by atoms with Gasteiger partial charge in [-0.1, -0.05) is 60.7 Å². The van der Waals surface area contributed by atoms with Crippen LogP contribution >= 0.6 is 0 Å². The first-order valence-corrected chi connectivity index (χ1v) is 11.2. The molecule has 0 spiro atoms. The molecule has 0 bridgehead atoms. The Hall–Kier alpha value is -3.65. The molecule has 4 rings (SSSR count). The van der Waals surface area contributed by atoms with Gasteiger partial charge in [0, 0.05) is 12.6 Å². The lowest BCUT2D eigenvalue weighted by atomic mass is 10.2. The van der Waals surface area contributed by atoms with Gasteiger partial charge in [0.25, 0.3) is 15.9 Å². The van der Waals surface area contributed by atoms with Crippen LogP contribution in [0.4, 0.5) is 5.69 Å². The van der Waals surface area contributed by atoms with Gasteiger partial charge in [0.15, 0.2) is 5.84 Å². The molecule has 0 unspecified atom stereocenters. The van der Waals surface area contributed by atoms with Crippen molar-refractivity contribution in [2.75, 3.05) is 18.6 Å². The zero-order chi connectivity index (χ0) is 21.8. The van der Waals surface area contributed by atoms with E-state index in [0.29, 0.717) is 12.1 Å². The van der Waals surface area contributed by atoms with Gasteiger partial charge < -0.3 is 4.90 Å². The van der Waals surface area contributed by atoms with Gasteiger partial charge >= 0.3 is 0 Å². The summed E-state index contributed by atoms with van der Waals surface area (Å²) in [4.78, 5) is 14.6. The number of anilines is 1. The maximum Gasteiger partial charge on any atom is 0.285 e. The van der Waals surface area contributed by atoms with Crippen LogP contribution in [-0.2, 0) is 21.4 Å². The third-order valence-corrected chi connectivity index (χ3v) is 6.19. The number of amides is 1. The van der Waals surface area contributed by atoms with Crippen molar-refractivity contribution in [1.29, 1.82) is 0 Å². The van der Waals surface area contributed by atoms with Crippen LogP contribution in [0.2, 0.25) is 0 Å². The van der Waals surface area contributed by atoms with Crippen molar-refractivity contribution in [2.45, 2.75) is 11.4 Å². The molecule has 1 aliphatic rings. The smallest absolute Gasteiger partial charge is 0.285 e. The van der Waals surface area contributed by atoms with Crippen molar-refractivity contribution >= 4 is 27.5 Å². The second-order valence-corrected chi connectivity index (χ2v) is 8.76. The number of hydrazine groups is 1. The molecule has 0 fully saturated rings. The van der Waals surface area contributed by atoms with E-state index in [1.165, 1.54) is 6.07 Å². The summed E-state index contributed by atoms with van der Waals surface area (Å²) in [5, 5.41) is 1.77. The van der Waals surface area contributed by atoms with E-state index in [1.54, 1.807) is 35.2 Å². The second kappa shape index (κ2) is 8.61. The molecule has 1 amide bonds. The largest absolute Gasteiger partial charge is 0.349 e. The van der Waals surface area contributed by atoms with E-state index in [0.717, 1.165) is 11.3 Å². The Morgan fingerprint density at radius 2 is 1.52 bits per heavy atom. The minimum Gasteiger partial charge on any atom is -0.349 e. The summed E-state index contributed by atoms with van der Waals surface area (Å²) in [7, 11) is -2.09. The number of carbonyl (C=O) groups is 1. The van der Waals surface area contributed by atoms with Gasteiger partial charge in [0.1, 0.15) is 4.90 Å². The van der Waals surface area contributed by atoms with Gasteiger partial charge in [-0.25, -0.2) is 0 Å². The molecule has 1 heterocycles. The fourth-order valence-electron chi connectivity index (χ4n) is 3.41. The number of nitrogens with one attached hydrogen (secondary N) is 1. The molecular formula is C23H22N4O3S. The first kappa shape index (κ1) is 20.6. The predicted octanol–water partition coefficient (Wildman–Crippen LogP) is 2.81. The number of fused-ring (bicyclic) bond motifs is 1. The lowest BCUT2D eigenvalue weighted by molar-refractivity contribution is -0.121. The number of sulfonamides is 1. The number of amidine groups is 1. The molecule has 0 aromatic heterocycles. The standard InChI is InChI=1S/C23H22N4O3S/c1-26(23-20-14-8-9-15-21(20)31(29,30)25-23)17-22(28)24-27(19-12-6-3-7-13-19)16-18-10-4-2-5-11-18/h2-15H,16-17H2,1H3,(H,24,28). The highest BCUT2D eigenvalue weighted by Gasteiger charge is 2.31. The Kier molecular flexibility index (Phi) is 5.73. The molecule has 3 aromatic rings. The molecule has 7 nitrogen and oxygen atoms in total. The van der Waals surface area contributed by atoms with Crippen molar-refractivity contribution in [1.82, 2.24) is 10.3 Å². The third-order valence-electron chi connectivity index (χ3n) is 4.87. The zero-order valence-electron chi connectivity index (χ0n) is 17.0. The Bertz CT molecular complexity index is 1210. The molecule has 0 atom stereocenters. The number of carbonyl (C=O) groups excluding carboxylic acids is 1. The fraction of sp³-hybridized carbons (Fsp3) is 0.130. The van der Waals surface area contributed by atoms with E-state index in [9.17, 15) is 13.2 Å². The maximum absolute atomic E-state index is 12.9. The summed E-state index contributed by atoms with van der Waals surface area (Å²) in [6.45, 7) is 0.430. The molecule has 3 aromatic carbocycles. The van der Waals surface area contributed by atoms with E-state index in [4.69, 9.17) is 0 Å². The quantitative estimate of drug-likeness (QED) is 0.604. The highest BCUT2D eigenvalue weighted by Crippen LogP contribution is 2.26. The van der Waals surface area contributed by atoms with E-state index >= 15 is 0 Å². The number of hydrogen-bond donors (Lipinski definition) is 1. The van der Waals surface area contributed by atoms with Crippen molar-refractivity contribution in [3.05, 3.63) is 96.1 Å². The topological polar surface area (TPSA) is 82.1 Å². The summed E-state index contributed by atoms with van der Waals surface area (Å²) in [5.41, 5.74) is 5.31. The Balaban J connectivity index is 1.51. The zero-order valence-corrected chi connectivity index (χ0v) is 17.8. The normalized spacial score (nSPS) is 13.8. The monoisotopic (exact) mass is 434 g/mol. The summed E-state index contributed by atoms with van der Waals surface area (Å²) < 4.78 is 28.5. The number of likely N-dealkylation sites (N-methyl/N-ethyl adjacent to an activating group) is 1. The predicted molar refractivity (Wildman–Crippen MR) is 120 cm³/mol. The van der Waals surface area contributed by atoms with E-state index in [1.807, 2.05) is 60.7 Å². The Morgan fingerprint density at radius 1 is 0.903 bits per heavy atom. The van der Waals surface area contributed by atoms with Crippen LogP contribution < -0.4 is 10.4 Å². The van der Waals surface area contributed by atoms with Gasteiger partial charge in [-0.05, 0) is 29.8 Å². The van der Waals surface area contributed by atoms with Crippen LogP contribution in [0.3, 0.4) is 0 Å². The van der Waals surface area contributed by atoms with E-state index < -0.39 is 10.0 Å². The number of benzene rings is 3. The number of nitrogens with zero attached hydrogens (tertiary/aromatic N) is 3. The van der Waals surface area contributed by atoms with Gasteiger partial charge in [-0.2, -0.15) is 8.42 Å². The summed E-state index contributed by atoms with van der Waals surface area (Å²) in [6, 6.07) is 26.0. The van der Waals surface area contributed by atoms with Crippen molar-refractivity contribution in [3.8, 4) is 0 Å². The first-order chi connectivity index (χ1) is 14.9. The Labute approximate surface area is 181 Å². The lowest BCUT2D eigenvalue weighted by Gasteiger charge is -2.27. The van der Waals surface area contributed by atoms with Crippen LogP contribution in [0.25, 0.3) is 0 Å². The van der Waals surface area contributed by atoms with Crippen molar-refractivity contribution in [3.63, 3.8) is 0 Å². The SMILES string of the molecule is CN(CC(=O)NN(Cc1ccccc1)c1ccccc1)C1=NS(=O)(=O)c2ccccc21. The van der Waals surface area contributed by atoms with Crippen molar-refractivity contribution in [2.24, 2.45) is 4.40 Å². The molecule has 8 heteroatoms. The summed E-state index contributed by atoms with van der Waals surface area (Å²) in [5.74, 6) is -0.0215. The molecule has 1 aliphatic heterocycles. The fourth-order valence-corrected chi connectivity index (χ4v) is 4.66. The molecule has 0 radical (unpaired) electrons. The van der Waals surface area contributed by atoms with Gasteiger partial charge in [0.2, 0.25) is 0 Å². The number of para-hydroxylation sites is 1. The van der Waals surface area contributed by atoms with Gasteiger partial charge in [-0.15, -0.1) is 4.40 Å². The number of hydrogen-bond acceptors (Lipinski definition) is 5. The van der Waals surface area contributed by atoms with Crippen LogP contribution in [-0.4, -0.2) is 38.7 Å². The first-order valence-electron chi connectivity index (χ1n) is 9.75. The summed E-state index contributed by atoms with van der Waals surface area (Å²) >= 11 is 0. The van der Waals surface area contributed by atoms with Crippen LogP contribution in [0.5, 0.6) is 0 Å². The van der Waals surface area contributed by atoms with Crippen LogP contribution in [0.15, 0.2) is 94.2 Å². The van der Waals surface area contributed by atoms with E-state index in [-0.39, 0.29) is 23.2 Å². The highest BCUT2D eigenvalue weighted by molar-refractivity contribution is 7.90. The molecule has 0 aliphatic carbocycles. The maximum atomic E-state index is 12.9. The molecule has 0 saturated carbocycles. The van der Waals surface area contributed by atoms with Gasteiger partial charge in [-0.3, -0.25) is 15.2 Å². The highest BCUT2D eigenvalue weighted by atomic mass is 32.2. The molecule has 31 heavy (non-hydrogen) atoms. The van der Waals surface area contributed by atoms with Crippen LogP contribution in [0.1, 0.15) is 11.1 Å². The van der Waals surface area contributed by atoms with Crippen LogP contribution in [0, 0.1) is 0 Å². The molecule has 0 saturated heterocycles. The van der Waals surface area contributed by atoms with Gasteiger partial charge in [0.05, 0.1) is 18.8 Å². The average molecular weight is 435 g/mol. The summed E-state index contributed by atoms with van der Waals surface area (Å²) in [6.07, 6.45) is 0. The molecular weight excluding hydrogens is 412 g/mol. The third kappa shape index (κ3) is 4.59. The second-order valence-electron chi connectivity index (χ2n) is 7.18. The van der Waals surface area contributed by atoms with E-state index in [2.05, 4.69) is 9.82 Å². The molecule has 158 valence electrons. The minimum atomic E-state index is -3.74. The molecule has 1 N–H and O–H groups in total. The minimum absolute atomic E-state index is 0.0548. The van der Waals surface area contributed by atoms with Crippen molar-refractivity contribution < 1.29 is 13.2 Å². The number of rotatable bonds is 6. The lowest BCUT2D eigenvalue weighted by Crippen LogP contribution is -2.47.